The number of hydrogen-bond donors (Lipinski definition) is 1. The summed E-state index contributed by atoms with van der Waals surface area (Å²) in [6.07, 6.45) is 0.882. The summed E-state index contributed by atoms with van der Waals surface area (Å²) in [6, 6.07) is 7.11. The minimum atomic E-state index is -3.12. The van der Waals surface area contributed by atoms with Gasteiger partial charge in [0.25, 0.3) is 0 Å². The van der Waals surface area contributed by atoms with Crippen molar-refractivity contribution in [2.75, 3.05) is 6.54 Å². The standard InChI is InChI=1S/C9H12NO3P/c1-2-7-10-14(11)12-8-5-3-4-6-9(8)13-14/h3-6H,2,7H2,1H3,(H,10,11). The van der Waals surface area contributed by atoms with Gasteiger partial charge in [-0.25, -0.2) is 9.65 Å². The molecule has 4 nitrogen and oxygen atoms in total. The quantitative estimate of drug-likeness (QED) is 0.784. The van der Waals surface area contributed by atoms with Crippen LogP contribution in [-0.4, -0.2) is 6.54 Å². The zero-order valence-electron chi connectivity index (χ0n) is 7.90. The van der Waals surface area contributed by atoms with E-state index in [9.17, 15) is 4.57 Å². The minimum absolute atomic E-state index is 0.541. The summed E-state index contributed by atoms with van der Waals surface area (Å²) < 4.78 is 22.3. The topological polar surface area (TPSA) is 47.6 Å². The van der Waals surface area contributed by atoms with Gasteiger partial charge in [0, 0.05) is 6.54 Å². The molecule has 1 heterocycles. The highest BCUT2D eigenvalue weighted by atomic mass is 31.2. The Morgan fingerprint density at radius 1 is 1.29 bits per heavy atom. The van der Waals surface area contributed by atoms with Gasteiger partial charge in [-0.2, -0.15) is 0 Å². The van der Waals surface area contributed by atoms with Gasteiger partial charge < -0.3 is 9.05 Å². The van der Waals surface area contributed by atoms with Crippen molar-refractivity contribution in [1.29, 1.82) is 0 Å². The van der Waals surface area contributed by atoms with Crippen LogP contribution in [0.2, 0.25) is 0 Å². The third kappa shape index (κ3) is 1.76. The number of hydrogen-bond acceptors (Lipinski definition) is 3. The molecule has 0 aliphatic carbocycles. The first-order valence-corrected chi connectivity index (χ1v) is 6.11. The molecule has 0 spiro atoms. The molecule has 1 N–H and O–H groups in total. The monoisotopic (exact) mass is 213 g/mol. The lowest BCUT2D eigenvalue weighted by Crippen LogP contribution is -2.15. The fourth-order valence-corrected chi connectivity index (χ4v) is 2.68. The van der Waals surface area contributed by atoms with Gasteiger partial charge in [0.15, 0.2) is 11.5 Å². The van der Waals surface area contributed by atoms with E-state index in [0.717, 1.165) is 6.42 Å². The van der Waals surface area contributed by atoms with E-state index in [2.05, 4.69) is 5.09 Å². The molecule has 0 saturated carbocycles. The van der Waals surface area contributed by atoms with Crippen molar-refractivity contribution < 1.29 is 13.6 Å². The Morgan fingerprint density at radius 2 is 1.86 bits per heavy atom. The molecule has 0 atom stereocenters. The van der Waals surface area contributed by atoms with Gasteiger partial charge in [0.1, 0.15) is 0 Å². The van der Waals surface area contributed by atoms with Crippen LogP contribution in [0.5, 0.6) is 11.5 Å². The molecule has 1 aromatic carbocycles. The summed E-state index contributed by atoms with van der Waals surface area (Å²) >= 11 is 0. The Balaban J connectivity index is 2.14. The molecular weight excluding hydrogens is 201 g/mol. The molecule has 1 aromatic rings. The second-order valence-electron chi connectivity index (χ2n) is 3.03. The van der Waals surface area contributed by atoms with Crippen LogP contribution >= 0.6 is 7.75 Å². The van der Waals surface area contributed by atoms with Gasteiger partial charge in [-0.05, 0) is 18.6 Å². The molecule has 0 unspecified atom stereocenters. The van der Waals surface area contributed by atoms with Gasteiger partial charge in [-0.15, -0.1) is 0 Å². The Bertz CT molecular complexity index is 351. The van der Waals surface area contributed by atoms with Crippen LogP contribution in [0.1, 0.15) is 13.3 Å². The van der Waals surface area contributed by atoms with Gasteiger partial charge >= 0.3 is 7.75 Å². The molecule has 0 aromatic heterocycles. The third-order valence-electron chi connectivity index (χ3n) is 1.84. The molecule has 14 heavy (non-hydrogen) atoms. The zero-order chi connectivity index (χ0) is 10.0. The average molecular weight is 213 g/mol. The fourth-order valence-electron chi connectivity index (χ4n) is 1.19. The molecule has 1 aliphatic rings. The summed E-state index contributed by atoms with van der Waals surface area (Å²) in [4.78, 5) is 0. The van der Waals surface area contributed by atoms with E-state index in [1.807, 2.05) is 19.1 Å². The number of nitrogens with one attached hydrogen (secondary N) is 1. The highest BCUT2D eigenvalue weighted by Crippen LogP contribution is 2.55. The maximum absolute atomic E-state index is 11.9. The van der Waals surface area contributed by atoms with E-state index in [1.54, 1.807) is 12.1 Å². The van der Waals surface area contributed by atoms with E-state index in [-0.39, 0.29) is 0 Å². The summed E-state index contributed by atoms with van der Waals surface area (Å²) in [5.74, 6) is 1.08. The molecular formula is C9H12NO3P. The largest absolute Gasteiger partial charge is 0.513 e. The summed E-state index contributed by atoms with van der Waals surface area (Å²) in [7, 11) is -3.12. The van der Waals surface area contributed by atoms with Crippen molar-refractivity contribution >= 4 is 7.75 Å². The lowest BCUT2D eigenvalue weighted by Gasteiger charge is -2.09. The van der Waals surface area contributed by atoms with Crippen LogP contribution in [0, 0.1) is 0 Å². The van der Waals surface area contributed by atoms with Crippen molar-refractivity contribution in [1.82, 2.24) is 5.09 Å². The molecule has 2 rings (SSSR count). The first-order chi connectivity index (χ1) is 6.73. The number of rotatable bonds is 3. The smallest absolute Gasteiger partial charge is 0.401 e. The van der Waals surface area contributed by atoms with E-state index in [0.29, 0.717) is 18.0 Å². The number of fused-ring (bicyclic) bond motifs is 1. The molecule has 0 bridgehead atoms. The lowest BCUT2D eigenvalue weighted by atomic mass is 10.3. The Labute approximate surface area is 82.8 Å². The molecule has 0 radical (unpaired) electrons. The van der Waals surface area contributed by atoms with Crippen LogP contribution < -0.4 is 14.1 Å². The van der Waals surface area contributed by atoms with Crippen molar-refractivity contribution in [2.45, 2.75) is 13.3 Å². The molecule has 1 aliphatic heterocycles. The van der Waals surface area contributed by atoms with Crippen LogP contribution in [0.4, 0.5) is 0 Å². The number of benzene rings is 1. The first-order valence-electron chi connectivity index (χ1n) is 4.57. The minimum Gasteiger partial charge on any atom is -0.401 e. The second-order valence-corrected chi connectivity index (χ2v) is 4.71. The maximum atomic E-state index is 11.9. The highest BCUT2D eigenvalue weighted by Gasteiger charge is 2.35. The normalized spacial score (nSPS) is 16.9. The van der Waals surface area contributed by atoms with Crippen molar-refractivity contribution in [3.63, 3.8) is 0 Å². The van der Waals surface area contributed by atoms with Crippen LogP contribution in [0.3, 0.4) is 0 Å². The highest BCUT2D eigenvalue weighted by molar-refractivity contribution is 7.52. The summed E-state index contributed by atoms with van der Waals surface area (Å²) in [6.45, 7) is 2.60. The predicted octanol–water partition coefficient (Wildman–Crippen LogP) is 2.57. The van der Waals surface area contributed by atoms with Crippen LogP contribution in [0.15, 0.2) is 24.3 Å². The van der Waals surface area contributed by atoms with E-state index < -0.39 is 7.75 Å². The number of para-hydroxylation sites is 2. The van der Waals surface area contributed by atoms with E-state index in [4.69, 9.17) is 9.05 Å². The van der Waals surface area contributed by atoms with Gasteiger partial charge in [0.05, 0.1) is 0 Å². The van der Waals surface area contributed by atoms with Gasteiger partial charge in [0.2, 0.25) is 0 Å². The average Bonchev–Trinajstić information content (AvgIpc) is 2.51. The van der Waals surface area contributed by atoms with Crippen LogP contribution in [-0.2, 0) is 4.57 Å². The lowest BCUT2D eigenvalue weighted by molar-refractivity contribution is 0.414. The van der Waals surface area contributed by atoms with Gasteiger partial charge in [-0.1, -0.05) is 19.1 Å². The molecule has 0 saturated heterocycles. The molecule has 5 heteroatoms. The fraction of sp³-hybridized carbons (Fsp3) is 0.333. The van der Waals surface area contributed by atoms with Crippen molar-refractivity contribution in [2.24, 2.45) is 0 Å². The first kappa shape index (κ1) is 9.56. The van der Waals surface area contributed by atoms with Crippen molar-refractivity contribution in [3.8, 4) is 11.5 Å². The molecule has 0 fully saturated rings. The van der Waals surface area contributed by atoms with Crippen molar-refractivity contribution in [3.05, 3.63) is 24.3 Å². The Morgan fingerprint density at radius 3 is 2.36 bits per heavy atom. The predicted molar refractivity (Wildman–Crippen MR) is 53.6 cm³/mol. The third-order valence-corrected chi connectivity index (χ3v) is 3.33. The Kier molecular flexibility index (Phi) is 2.48. The summed E-state index contributed by atoms with van der Waals surface area (Å²) in [5.41, 5.74) is 0. The molecule has 0 amide bonds. The van der Waals surface area contributed by atoms with Crippen LogP contribution in [0.25, 0.3) is 0 Å². The summed E-state index contributed by atoms with van der Waals surface area (Å²) in [5, 5.41) is 2.77. The molecule has 76 valence electrons. The maximum Gasteiger partial charge on any atom is 0.513 e. The SMILES string of the molecule is CCCNP1(=O)Oc2ccccc2O1. The van der Waals surface area contributed by atoms with E-state index >= 15 is 0 Å². The van der Waals surface area contributed by atoms with E-state index in [1.165, 1.54) is 0 Å². The second kappa shape index (κ2) is 3.64. The zero-order valence-corrected chi connectivity index (χ0v) is 8.79. The van der Waals surface area contributed by atoms with Gasteiger partial charge in [-0.3, -0.25) is 0 Å². The Hall–Kier alpha value is -0.990.